The van der Waals surface area contributed by atoms with Crippen LogP contribution >= 0.6 is 0 Å². The fourth-order valence-electron chi connectivity index (χ4n) is 1.34. The molecule has 0 atom stereocenters. The quantitative estimate of drug-likeness (QED) is 0.559. The van der Waals surface area contributed by atoms with Gasteiger partial charge in [-0.25, -0.2) is 0 Å². The fourth-order valence-corrected chi connectivity index (χ4v) is 1.34. The molecule has 0 saturated carbocycles. The summed E-state index contributed by atoms with van der Waals surface area (Å²) >= 11 is 0. The Morgan fingerprint density at radius 2 is 2.53 bits per heavy atom. The lowest BCUT2D eigenvalue weighted by Gasteiger charge is -2.02. The van der Waals surface area contributed by atoms with E-state index in [-0.39, 0.29) is 10.9 Å². The number of hydrogen-bond acceptors (Lipinski definition) is 4. The lowest BCUT2D eigenvalue weighted by Crippen LogP contribution is -1.98. The summed E-state index contributed by atoms with van der Waals surface area (Å²) in [5.41, 5.74) is -1.07. The van der Waals surface area contributed by atoms with Crippen LogP contribution in [-0.4, -0.2) is 21.7 Å². The first-order chi connectivity index (χ1) is 9.50. The number of benzene rings is 1. The molecule has 0 aliphatic rings. The van der Waals surface area contributed by atoms with E-state index in [4.69, 9.17) is 8.22 Å². The van der Waals surface area contributed by atoms with Gasteiger partial charge in [-0.05, 0) is 12.1 Å². The molecule has 0 bridgehead atoms. The number of aryl methyl sites for hydroxylation is 1. The molecule has 6 heteroatoms. The number of nitro benzene ring substituents is 1. The van der Waals surface area contributed by atoms with Crippen LogP contribution in [0.5, 0.6) is 5.75 Å². The van der Waals surface area contributed by atoms with E-state index in [0.29, 0.717) is 4.68 Å². The molecule has 1 aromatic heterocycles. The van der Waals surface area contributed by atoms with Crippen LogP contribution in [0.3, 0.4) is 0 Å². The lowest BCUT2D eigenvalue weighted by molar-refractivity contribution is -0.384. The summed E-state index contributed by atoms with van der Waals surface area (Å²) in [6.07, 6.45) is 1.15. The molecule has 0 fully saturated rings. The van der Waals surface area contributed by atoms with E-state index < -0.39 is 30.4 Å². The van der Waals surface area contributed by atoms with Gasteiger partial charge in [-0.3, -0.25) is 14.8 Å². The third kappa shape index (κ3) is 1.30. The molecule has 0 aliphatic carbocycles. The number of hydrogen-bond donors (Lipinski definition) is 0. The van der Waals surface area contributed by atoms with E-state index >= 15 is 0 Å². The van der Waals surface area contributed by atoms with Gasteiger partial charge in [-0.15, -0.1) is 0 Å². The van der Waals surface area contributed by atoms with Gasteiger partial charge in [-0.1, -0.05) is 0 Å². The molecule has 0 amide bonds. The zero-order valence-corrected chi connectivity index (χ0v) is 7.30. The number of nitrogens with zero attached hydrogens (tertiary/aromatic N) is 3. The SMILES string of the molecule is [2H]C([2H])([2H])Oc1ccc2cnn(C([2H])([2H])[2H])c2c1[N+](=O)[O-]. The molecule has 6 nitrogen and oxygen atoms in total. The second-order valence-corrected chi connectivity index (χ2v) is 2.77. The second-order valence-electron chi connectivity index (χ2n) is 2.77. The van der Waals surface area contributed by atoms with Crippen molar-refractivity contribution in [3.8, 4) is 5.75 Å². The Labute approximate surface area is 93.6 Å². The van der Waals surface area contributed by atoms with Gasteiger partial charge in [0.05, 0.1) is 22.3 Å². The predicted molar refractivity (Wildman–Crippen MR) is 53.9 cm³/mol. The first-order valence-corrected chi connectivity index (χ1v) is 3.85. The maximum Gasteiger partial charge on any atom is 0.336 e. The van der Waals surface area contributed by atoms with Crippen molar-refractivity contribution in [1.29, 1.82) is 0 Å². The third-order valence-corrected chi connectivity index (χ3v) is 1.96. The number of nitro groups is 1. The molecular formula is C9H9N3O3. The summed E-state index contributed by atoms with van der Waals surface area (Å²) in [6, 6.07) is 2.40. The summed E-state index contributed by atoms with van der Waals surface area (Å²) < 4.78 is 48.1. The van der Waals surface area contributed by atoms with Crippen molar-refractivity contribution < 1.29 is 17.9 Å². The highest BCUT2D eigenvalue weighted by Gasteiger charge is 2.21. The largest absolute Gasteiger partial charge is 0.490 e. The maximum atomic E-state index is 11.2. The molecule has 15 heavy (non-hydrogen) atoms. The minimum absolute atomic E-state index is 0.190. The van der Waals surface area contributed by atoms with Crippen LogP contribution in [0.4, 0.5) is 5.69 Å². The number of methoxy groups -OCH3 is 1. The zero-order chi connectivity index (χ0) is 16.0. The summed E-state index contributed by atoms with van der Waals surface area (Å²) in [5.74, 6) is -0.543. The van der Waals surface area contributed by atoms with E-state index in [1.807, 2.05) is 0 Å². The predicted octanol–water partition coefficient (Wildman–Crippen LogP) is 1.49. The van der Waals surface area contributed by atoms with E-state index in [9.17, 15) is 10.1 Å². The van der Waals surface area contributed by atoms with E-state index in [2.05, 4.69) is 9.84 Å². The van der Waals surface area contributed by atoms with Gasteiger partial charge in [0.1, 0.15) is 5.52 Å². The average molecular weight is 213 g/mol. The zero-order valence-electron chi connectivity index (χ0n) is 13.3. The standard InChI is InChI=1S/C9H9N3O3/c1-11-8-6(5-10-11)3-4-7(15-2)9(8)12(13)14/h3-5H,1-2H3/i1D3,2D3. The number of ether oxygens (including phenoxy) is 1. The summed E-state index contributed by atoms with van der Waals surface area (Å²) in [7, 11) is -2.90. The molecule has 0 saturated heterocycles. The first-order valence-electron chi connectivity index (χ1n) is 6.85. The monoisotopic (exact) mass is 213 g/mol. The maximum absolute atomic E-state index is 11.2. The van der Waals surface area contributed by atoms with Crippen molar-refractivity contribution in [2.45, 2.75) is 0 Å². The molecule has 0 radical (unpaired) electrons. The Bertz CT molecular complexity index is 705. The molecule has 78 valence electrons. The normalized spacial score (nSPS) is 18.1. The molecule has 0 spiro atoms. The van der Waals surface area contributed by atoms with Crippen LogP contribution in [0.1, 0.15) is 8.22 Å². The van der Waals surface area contributed by atoms with Crippen LogP contribution in [-0.2, 0) is 6.98 Å². The molecule has 0 unspecified atom stereocenters. The Hall–Kier alpha value is -2.11. The third-order valence-electron chi connectivity index (χ3n) is 1.96. The Morgan fingerprint density at radius 1 is 1.67 bits per heavy atom. The van der Waals surface area contributed by atoms with Gasteiger partial charge in [0.2, 0.25) is 0 Å². The number of fused-ring (bicyclic) bond motifs is 1. The minimum atomic E-state index is -2.90. The van der Waals surface area contributed by atoms with Gasteiger partial charge in [0.25, 0.3) is 0 Å². The fraction of sp³-hybridized carbons (Fsp3) is 0.222. The van der Waals surface area contributed by atoms with Crippen LogP contribution in [0.15, 0.2) is 18.3 Å². The molecule has 1 aromatic carbocycles. The van der Waals surface area contributed by atoms with Gasteiger partial charge in [0.15, 0.2) is 5.75 Å². The summed E-state index contributed by atoms with van der Waals surface area (Å²) in [5, 5.41) is 15.0. The van der Waals surface area contributed by atoms with E-state index in [1.165, 1.54) is 6.07 Å². The Balaban J connectivity index is 2.79. The molecule has 2 aromatic rings. The number of aromatic nitrogens is 2. The number of rotatable bonds is 2. The smallest absolute Gasteiger partial charge is 0.336 e. The summed E-state index contributed by atoms with van der Waals surface area (Å²) in [6.45, 7) is -2.74. The highest BCUT2D eigenvalue weighted by Crippen LogP contribution is 2.34. The van der Waals surface area contributed by atoms with Crippen molar-refractivity contribution in [1.82, 2.24) is 9.78 Å². The Morgan fingerprint density at radius 3 is 3.20 bits per heavy atom. The minimum Gasteiger partial charge on any atom is -0.490 e. The highest BCUT2D eigenvalue weighted by atomic mass is 16.6. The van der Waals surface area contributed by atoms with E-state index in [1.54, 1.807) is 0 Å². The molecular weight excluding hydrogens is 198 g/mol. The topological polar surface area (TPSA) is 70.2 Å². The van der Waals surface area contributed by atoms with Gasteiger partial charge in [0, 0.05) is 16.5 Å². The van der Waals surface area contributed by atoms with Crippen LogP contribution in [0, 0.1) is 10.1 Å². The molecule has 1 heterocycles. The average Bonchev–Trinajstić information content (AvgIpc) is 2.68. The molecule has 2 rings (SSSR count). The van der Waals surface area contributed by atoms with Crippen molar-refractivity contribution >= 4 is 16.6 Å². The second kappa shape index (κ2) is 3.23. The van der Waals surface area contributed by atoms with Crippen molar-refractivity contribution in [2.24, 2.45) is 6.98 Å². The van der Waals surface area contributed by atoms with Crippen molar-refractivity contribution in [3.63, 3.8) is 0 Å². The highest BCUT2D eigenvalue weighted by molar-refractivity contribution is 5.90. The van der Waals surface area contributed by atoms with Gasteiger partial charge in [-0.2, -0.15) is 5.10 Å². The molecule has 0 aliphatic heterocycles. The van der Waals surface area contributed by atoms with Crippen LogP contribution in [0.25, 0.3) is 10.9 Å². The van der Waals surface area contributed by atoms with Crippen LogP contribution < -0.4 is 4.74 Å². The first kappa shape index (κ1) is 4.61. The van der Waals surface area contributed by atoms with Crippen molar-refractivity contribution in [3.05, 3.63) is 28.4 Å². The molecule has 0 N–H and O–H groups in total. The summed E-state index contributed by atoms with van der Waals surface area (Å²) in [4.78, 5) is 10.3. The van der Waals surface area contributed by atoms with Gasteiger partial charge < -0.3 is 4.74 Å². The van der Waals surface area contributed by atoms with Gasteiger partial charge >= 0.3 is 5.69 Å². The Kier molecular flexibility index (Phi) is 0.992. The lowest BCUT2D eigenvalue weighted by atomic mass is 10.2. The van der Waals surface area contributed by atoms with E-state index in [0.717, 1.165) is 12.3 Å². The van der Waals surface area contributed by atoms with Crippen molar-refractivity contribution in [2.75, 3.05) is 7.04 Å². The van der Waals surface area contributed by atoms with Crippen LogP contribution in [0.2, 0.25) is 0 Å².